The molecule has 0 saturated heterocycles. The minimum atomic E-state index is -0.210. The van der Waals surface area contributed by atoms with Crippen molar-refractivity contribution < 1.29 is 9.53 Å². The third-order valence-electron chi connectivity index (χ3n) is 3.16. The van der Waals surface area contributed by atoms with E-state index in [1.807, 2.05) is 6.92 Å². The first-order valence-corrected chi connectivity index (χ1v) is 5.45. The lowest BCUT2D eigenvalue weighted by Gasteiger charge is -2.20. The van der Waals surface area contributed by atoms with Gasteiger partial charge < -0.3 is 4.74 Å². The van der Waals surface area contributed by atoms with Gasteiger partial charge >= 0.3 is 5.97 Å². The van der Waals surface area contributed by atoms with E-state index in [9.17, 15) is 4.79 Å². The van der Waals surface area contributed by atoms with Gasteiger partial charge in [0.15, 0.2) is 0 Å². The zero-order chi connectivity index (χ0) is 10.7. The molecule has 2 unspecified atom stereocenters. The van der Waals surface area contributed by atoms with Gasteiger partial charge in [0.1, 0.15) is 6.10 Å². The average Bonchev–Trinajstić information content (AvgIpc) is 2.48. The minimum absolute atomic E-state index is 0.103. The van der Waals surface area contributed by atoms with Crippen molar-refractivity contribution >= 4 is 5.97 Å². The lowest BCUT2D eigenvalue weighted by Crippen LogP contribution is -2.26. The van der Waals surface area contributed by atoms with Crippen molar-refractivity contribution in [2.75, 3.05) is 0 Å². The molecule has 2 atom stereocenters. The summed E-state index contributed by atoms with van der Waals surface area (Å²) >= 11 is 0. The average molecular weight is 196 g/mol. The number of ether oxygens (including phenoxy) is 1. The molecule has 2 heteroatoms. The molecule has 0 bridgehead atoms. The van der Waals surface area contributed by atoms with E-state index >= 15 is 0 Å². The molecule has 0 radical (unpaired) electrons. The molecule has 1 saturated carbocycles. The van der Waals surface area contributed by atoms with Crippen LogP contribution in [0.25, 0.3) is 0 Å². The van der Waals surface area contributed by atoms with E-state index in [4.69, 9.17) is 4.74 Å². The predicted octanol–water partition coefficient (Wildman–Crippen LogP) is 2.93. The van der Waals surface area contributed by atoms with Crippen LogP contribution in [-0.4, -0.2) is 12.1 Å². The van der Waals surface area contributed by atoms with Gasteiger partial charge in [0, 0.05) is 5.57 Å². The van der Waals surface area contributed by atoms with Crippen LogP contribution in [0, 0.1) is 11.8 Å². The van der Waals surface area contributed by atoms with E-state index < -0.39 is 0 Å². The molecule has 0 aliphatic heterocycles. The first-order chi connectivity index (χ1) is 6.56. The maximum atomic E-state index is 11.5. The summed E-state index contributed by atoms with van der Waals surface area (Å²) in [6, 6.07) is 0. The molecule has 1 aliphatic carbocycles. The van der Waals surface area contributed by atoms with Crippen LogP contribution in [0.3, 0.4) is 0 Å². The van der Waals surface area contributed by atoms with E-state index in [2.05, 4.69) is 20.4 Å². The van der Waals surface area contributed by atoms with Crippen molar-refractivity contribution in [3.8, 4) is 0 Å². The molecule has 2 nitrogen and oxygen atoms in total. The van der Waals surface area contributed by atoms with Crippen LogP contribution in [0.5, 0.6) is 0 Å². The summed E-state index contributed by atoms with van der Waals surface area (Å²) in [6.07, 6.45) is 3.11. The summed E-state index contributed by atoms with van der Waals surface area (Å²) in [5.41, 5.74) is 0.580. The fourth-order valence-corrected chi connectivity index (χ4v) is 2.00. The molecule has 80 valence electrons. The van der Waals surface area contributed by atoms with Crippen LogP contribution in [0.2, 0.25) is 0 Å². The molecule has 0 N–H and O–H groups in total. The molecule has 0 spiro atoms. The third-order valence-corrected chi connectivity index (χ3v) is 3.16. The van der Waals surface area contributed by atoms with Gasteiger partial charge in [0.25, 0.3) is 0 Å². The molecule has 0 amide bonds. The Morgan fingerprint density at radius 3 is 2.29 bits per heavy atom. The van der Waals surface area contributed by atoms with Gasteiger partial charge in [0.05, 0.1) is 0 Å². The normalized spacial score (nSPS) is 31.5. The van der Waals surface area contributed by atoms with Crippen molar-refractivity contribution in [2.24, 2.45) is 11.8 Å². The highest BCUT2D eigenvalue weighted by Gasteiger charge is 2.33. The van der Waals surface area contributed by atoms with Crippen LogP contribution >= 0.6 is 0 Å². The van der Waals surface area contributed by atoms with Gasteiger partial charge in [-0.15, -0.1) is 0 Å². The summed E-state index contributed by atoms with van der Waals surface area (Å²) in [4.78, 5) is 11.5. The Balaban J connectivity index is 2.51. The van der Waals surface area contributed by atoms with Crippen LogP contribution in [0.1, 0.15) is 40.0 Å². The van der Waals surface area contributed by atoms with Crippen molar-refractivity contribution in [1.82, 2.24) is 0 Å². The first-order valence-electron chi connectivity index (χ1n) is 5.45. The first kappa shape index (κ1) is 11.3. The summed E-state index contributed by atoms with van der Waals surface area (Å²) in [5, 5.41) is 0. The van der Waals surface area contributed by atoms with Gasteiger partial charge in [0.2, 0.25) is 0 Å². The lowest BCUT2D eigenvalue weighted by molar-refractivity contribution is -0.147. The van der Waals surface area contributed by atoms with Crippen LogP contribution in [-0.2, 0) is 9.53 Å². The summed E-state index contributed by atoms with van der Waals surface area (Å²) in [7, 11) is 0. The molecule has 1 rings (SSSR count). The van der Waals surface area contributed by atoms with E-state index in [1.54, 1.807) is 0 Å². The summed E-state index contributed by atoms with van der Waals surface area (Å²) < 4.78 is 5.45. The zero-order valence-electron chi connectivity index (χ0n) is 9.38. The van der Waals surface area contributed by atoms with E-state index in [0.717, 1.165) is 12.8 Å². The van der Waals surface area contributed by atoms with E-state index in [0.29, 0.717) is 23.8 Å². The number of rotatable bonds is 3. The highest BCUT2D eigenvalue weighted by Crippen LogP contribution is 2.33. The SMILES string of the molecule is C=C(CC)C(=O)OC1C(C)CCC1C. The Bertz CT molecular complexity index is 222. The summed E-state index contributed by atoms with van der Waals surface area (Å²) in [6.45, 7) is 9.91. The second-order valence-electron chi connectivity index (χ2n) is 4.36. The number of carbonyl (C=O) groups excluding carboxylic acids is 1. The maximum absolute atomic E-state index is 11.5. The van der Waals surface area contributed by atoms with Crippen molar-refractivity contribution in [2.45, 2.75) is 46.1 Å². The molecule has 1 fully saturated rings. The molecule has 14 heavy (non-hydrogen) atoms. The quantitative estimate of drug-likeness (QED) is 0.512. The van der Waals surface area contributed by atoms with Crippen LogP contribution in [0.15, 0.2) is 12.2 Å². The fourth-order valence-electron chi connectivity index (χ4n) is 2.00. The van der Waals surface area contributed by atoms with Gasteiger partial charge in [-0.05, 0) is 31.1 Å². The molecule has 0 aromatic heterocycles. The Hall–Kier alpha value is -0.790. The fraction of sp³-hybridized carbons (Fsp3) is 0.750. The standard InChI is InChI=1S/C12H20O2/c1-5-8(2)12(13)14-11-9(3)6-7-10(11)4/h9-11H,2,5-7H2,1,3-4H3. The van der Waals surface area contributed by atoms with Crippen molar-refractivity contribution in [3.05, 3.63) is 12.2 Å². The largest absolute Gasteiger partial charge is 0.458 e. The maximum Gasteiger partial charge on any atom is 0.333 e. The molecular weight excluding hydrogens is 176 g/mol. The lowest BCUT2D eigenvalue weighted by atomic mass is 10.0. The highest BCUT2D eigenvalue weighted by molar-refractivity contribution is 5.87. The van der Waals surface area contributed by atoms with Gasteiger partial charge in [-0.1, -0.05) is 27.4 Å². The van der Waals surface area contributed by atoms with E-state index in [-0.39, 0.29) is 12.1 Å². The smallest absolute Gasteiger partial charge is 0.333 e. The minimum Gasteiger partial charge on any atom is -0.458 e. The second-order valence-corrected chi connectivity index (χ2v) is 4.36. The summed E-state index contributed by atoms with van der Waals surface area (Å²) in [5.74, 6) is 0.787. The van der Waals surface area contributed by atoms with Gasteiger partial charge in [-0.25, -0.2) is 4.79 Å². The van der Waals surface area contributed by atoms with Crippen LogP contribution < -0.4 is 0 Å². The molecule has 0 heterocycles. The zero-order valence-corrected chi connectivity index (χ0v) is 9.38. The Kier molecular flexibility index (Phi) is 3.73. The van der Waals surface area contributed by atoms with E-state index in [1.165, 1.54) is 0 Å². The Labute approximate surface area is 86.3 Å². The number of hydrogen-bond donors (Lipinski definition) is 0. The Morgan fingerprint density at radius 2 is 1.86 bits per heavy atom. The third kappa shape index (κ3) is 2.37. The van der Waals surface area contributed by atoms with Crippen LogP contribution in [0.4, 0.5) is 0 Å². The molecule has 1 aliphatic rings. The molecular formula is C12H20O2. The topological polar surface area (TPSA) is 26.3 Å². The van der Waals surface area contributed by atoms with Gasteiger partial charge in [-0.3, -0.25) is 0 Å². The van der Waals surface area contributed by atoms with Gasteiger partial charge in [-0.2, -0.15) is 0 Å². The molecule has 0 aromatic rings. The monoisotopic (exact) mass is 196 g/mol. The number of esters is 1. The number of carbonyl (C=O) groups is 1. The predicted molar refractivity (Wildman–Crippen MR) is 56.9 cm³/mol. The van der Waals surface area contributed by atoms with Crippen molar-refractivity contribution in [3.63, 3.8) is 0 Å². The second kappa shape index (κ2) is 4.63. The Morgan fingerprint density at radius 1 is 1.36 bits per heavy atom. The molecule has 0 aromatic carbocycles. The highest BCUT2D eigenvalue weighted by atomic mass is 16.5. The van der Waals surface area contributed by atoms with Crippen molar-refractivity contribution in [1.29, 1.82) is 0 Å². The number of hydrogen-bond acceptors (Lipinski definition) is 2.